The van der Waals surface area contributed by atoms with Crippen molar-refractivity contribution in [3.8, 4) is 5.75 Å². The van der Waals surface area contributed by atoms with Gasteiger partial charge in [0.15, 0.2) is 10.9 Å². The highest BCUT2D eigenvalue weighted by Crippen LogP contribution is 2.39. The SMILES string of the molecule is CC1(C)OB(C(=Cc2ccc(O)c(Cl)n2)CS)OC1(C)C. The molecule has 0 aliphatic carbocycles. The minimum atomic E-state index is -0.470. The zero-order valence-corrected chi connectivity index (χ0v) is 14.2. The fourth-order valence-electron chi connectivity index (χ4n) is 1.89. The van der Waals surface area contributed by atoms with E-state index in [1.807, 2.05) is 33.8 Å². The van der Waals surface area contributed by atoms with E-state index in [4.69, 9.17) is 20.9 Å². The number of rotatable bonds is 3. The summed E-state index contributed by atoms with van der Waals surface area (Å²) in [6.45, 7) is 8.00. The predicted octanol–water partition coefficient (Wildman–Crippen LogP) is 3.39. The van der Waals surface area contributed by atoms with E-state index in [0.29, 0.717) is 11.4 Å². The normalized spacial score (nSPS) is 20.9. The van der Waals surface area contributed by atoms with Crippen LogP contribution >= 0.6 is 24.2 Å². The van der Waals surface area contributed by atoms with Crippen LogP contribution in [0.1, 0.15) is 33.4 Å². The van der Waals surface area contributed by atoms with Gasteiger partial charge in [0.1, 0.15) is 0 Å². The van der Waals surface area contributed by atoms with E-state index in [1.54, 1.807) is 6.07 Å². The molecular weight excluding hydrogens is 308 g/mol. The average molecular weight is 328 g/mol. The number of aromatic nitrogens is 1. The maximum Gasteiger partial charge on any atom is 0.491 e. The Balaban J connectivity index is 2.28. The summed E-state index contributed by atoms with van der Waals surface area (Å²) in [6, 6.07) is 3.18. The molecule has 2 heterocycles. The van der Waals surface area contributed by atoms with Gasteiger partial charge in [-0.05, 0) is 51.4 Å². The summed E-state index contributed by atoms with van der Waals surface area (Å²) in [5, 5.41) is 9.47. The lowest BCUT2D eigenvalue weighted by Gasteiger charge is -2.32. The molecule has 21 heavy (non-hydrogen) atoms. The first-order valence-corrected chi connectivity index (χ1v) is 7.70. The summed E-state index contributed by atoms with van der Waals surface area (Å²) < 4.78 is 12.0. The van der Waals surface area contributed by atoms with Crippen molar-refractivity contribution in [2.45, 2.75) is 38.9 Å². The number of hydrogen-bond donors (Lipinski definition) is 2. The molecule has 2 rings (SSSR count). The van der Waals surface area contributed by atoms with Crippen LogP contribution in [0.15, 0.2) is 17.6 Å². The van der Waals surface area contributed by atoms with Crippen LogP contribution in [0.25, 0.3) is 6.08 Å². The van der Waals surface area contributed by atoms with Crippen molar-refractivity contribution in [1.82, 2.24) is 4.98 Å². The van der Waals surface area contributed by atoms with Gasteiger partial charge in [-0.15, -0.1) is 0 Å². The lowest BCUT2D eigenvalue weighted by molar-refractivity contribution is 0.00578. The van der Waals surface area contributed by atoms with Crippen LogP contribution in [0.2, 0.25) is 5.15 Å². The fourth-order valence-corrected chi connectivity index (χ4v) is 2.29. The summed E-state index contributed by atoms with van der Waals surface area (Å²) >= 11 is 10.2. The Bertz CT molecular complexity index is 561. The molecule has 1 N–H and O–H groups in total. The quantitative estimate of drug-likeness (QED) is 0.507. The second-order valence-corrected chi connectivity index (χ2v) is 6.69. The first kappa shape index (κ1) is 16.7. The largest absolute Gasteiger partial charge is 0.505 e. The van der Waals surface area contributed by atoms with Crippen LogP contribution in [0.5, 0.6) is 5.75 Å². The van der Waals surface area contributed by atoms with Crippen molar-refractivity contribution >= 4 is 37.4 Å². The maximum atomic E-state index is 9.40. The molecule has 0 bridgehead atoms. The van der Waals surface area contributed by atoms with Crippen LogP contribution < -0.4 is 0 Å². The first-order valence-electron chi connectivity index (χ1n) is 6.69. The number of thiol groups is 1. The van der Waals surface area contributed by atoms with E-state index in [0.717, 1.165) is 5.47 Å². The molecule has 1 aromatic rings. The molecule has 1 aromatic heterocycles. The van der Waals surface area contributed by atoms with E-state index in [9.17, 15) is 5.11 Å². The molecule has 1 saturated heterocycles. The van der Waals surface area contributed by atoms with Gasteiger partial charge in [0, 0.05) is 5.75 Å². The lowest BCUT2D eigenvalue weighted by atomic mass is 9.78. The van der Waals surface area contributed by atoms with Crippen molar-refractivity contribution in [1.29, 1.82) is 0 Å². The van der Waals surface area contributed by atoms with Crippen molar-refractivity contribution in [3.63, 3.8) is 0 Å². The van der Waals surface area contributed by atoms with E-state index in [-0.39, 0.29) is 10.9 Å². The highest BCUT2D eigenvalue weighted by Gasteiger charge is 2.52. The van der Waals surface area contributed by atoms with Crippen molar-refractivity contribution in [2.24, 2.45) is 0 Å². The van der Waals surface area contributed by atoms with Gasteiger partial charge >= 0.3 is 7.12 Å². The minimum Gasteiger partial charge on any atom is -0.505 e. The first-order chi connectivity index (χ1) is 9.66. The molecule has 0 atom stereocenters. The predicted molar refractivity (Wildman–Crippen MR) is 88.8 cm³/mol. The van der Waals surface area contributed by atoms with Gasteiger partial charge in [-0.25, -0.2) is 4.98 Å². The van der Waals surface area contributed by atoms with Gasteiger partial charge in [0.25, 0.3) is 0 Å². The molecule has 0 unspecified atom stereocenters. The lowest BCUT2D eigenvalue weighted by Crippen LogP contribution is -2.41. The molecule has 0 saturated carbocycles. The van der Waals surface area contributed by atoms with Crippen LogP contribution in [-0.2, 0) is 9.31 Å². The Morgan fingerprint density at radius 2 is 1.90 bits per heavy atom. The standard InChI is InChI=1S/C14H19BClNO3S/c1-13(2)14(3,4)20-15(19-13)9(8-21)7-10-5-6-11(18)12(16)17-10/h5-7,18,21H,8H2,1-4H3. The molecule has 0 amide bonds. The molecule has 0 aromatic carbocycles. The molecule has 7 heteroatoms. The number of halogens is 1. The second-order valence-electron chi connectivity index (χ2n) is 6.01. The zero-order valence-electron chi connectivity index (χ0n) is 12.6. The van der Waals surface area contributed by atoms with Crippen molar-refractivity contribution in [2.75, 3.05) is 5.75 Å². The maximum absolute atomic E-state index is 9.40. The second kappa shape index (κ2) is 5.84. The van der Waals surface area contributed by atoms with E-state index >= 15 is 0 Å². The third kappa shape index (κ3) is 3.39. The fraction of sp³-hybridized carbons (Fsp3) is 0.500. The van der Waals surface area contributed by atoms with Gasteiger partial charge in [-0.2, -0.15) is 12.6 Å². The highest BCUT2D eigenvalue weighted by molar-refractivity contribution is 7.80. The summed E-state index contributed by atoms with van der Waals surface area (Å²) in [4.78, 5) is 4.10. The van der Waals surface area contributed by atoms with Crippen LogP contribution in [-0.4, -0.2) is 34.2 Å². The molecule has 1 aliphatic rings. The summed E-state index contributed by atoms with van der Waals surface area (Å²) in [5.41, 5.74) is 0.669. The summed E-state index contributed by atoms with van der Waals surface area (Å²) in [7, 11) is -0.470. The number of nitrogens with zero attached hydrogens (tertiary/aromatic N) is 1. The van der Waals surface area contributed by atoms with Gasteiger partial charge < -0.3 is 14.4 Å². The Labute approximate surface area is 136 Å². The topological polar surface area (TPSA) is 51.6 Å². The van der Waals surface area contributed by atoms with Crippen molar-refractivity contribution < 1.29 is 14.4 Å². The van der Waals surface area contributed by atoms with E-state index < -0.39 is 18.3 Å². The van der Waals surface area contributed by atoms with E-state index in [1.165, 1.54) is 6.07 Å². The number of pyridine rings is 1. The van der Waals surface area contributed by atoms with Gasteiger partial charge in [0.05, 0.1) is 16.9 Å². The Morgan fingerprint density at radius 1 is 1.33 bits per heavy atom. The molecule has 1 aliphatic heterocycles. The number of aromatic hydroxyl groups is 1. The molecule has 0 spiro atoms. The van der Waals surface area contributed by atoms with Crippen LogP contribution in [0, 0.1) is 0 Å². The van der Waals surface area contributed by atoms with Gasteiger partial charge in [0.2, 0.25) is 0 Å². The van der Waals surface area contributed by atoms with Crippen molar-refractivity contribution in [3.05, 3.63) is 28.5 Å². The van der Waals surface area contributed by atoms with Gasteiger partial charge in [-0.3, -0.25) is 0 Å². The molecule has 4 nitrogen and oxygen atoms in total. The summed E-state index contributed by atoms with van der Waals surface area (Å²) in [6.07, 6.45) is 1.82. The number of hydrogen-bond acceptors (Lipinski definition) is 5. The minimum absolute atomic E-state index is 0.0446. The summed E-state index contributed by atoms with van der Waals surface area (Å²) in [5.74, 6) is 0.425. The molecule has 114 valence electrons. The third-order valence-corrected chi connectivity index (χ3v) is 4.57. The molecular formula is C14H19BClNO3S. The Hall–Kier alpha value is -0.685. The average Bonchev–Trinajstić information content (AvgIpc) is 2.59. The third-order valence-electron chi connectivity index (χ3n) is 3.92. The zero-order chi connectivity index (χ0) is 15.8. The Kier molecular flexibility index (Phi) is 4.64. The van der Waals surface area contributed by atoms with Crippen LogP contribution in [0.4, 0.5) is 0 Å². The Morgan fingerprint density at radius 3 is 2.38 bits per heavy atom. The molecule has 1 fully saturated rings. The van der Waals surface area contributed by atoms with E-state index in [2.05, 4.69) is 17.6 Å². The van der Waals surface area contributed by atoms with Gasteiger partial charge in [-0.1, -0.05) is 11.6 Å². The molecule has 0 radical (unpaired) electrons. The smallest absolute Gasteiger partial charge is 0.491 e. The highest BCUT2D eigenvalue weighted by atomic mass is 35.5. The van der Waals surface area contributed by atoms with Crippen LogP contribution in [0.3, 0.4) is 0 Å². The monoisotopic (exact) mass is 327 g/mol.